The first-order valence-corrected chi connectivity index (χ1v) is 5.02. The lowest BCUT2D eigenvalue weighted by molar-refractivity contribution is 0.102. The zero-order valence-electron chi connectivity index (χ0n) is 8.53. The van der Waals surface area contributed by atoms with Gasteiger partial charge in [-0.15, -0.1) is 0 Å². The number of pyridine rings is 1. The maximum absolute atomic E-state index is 11.8. The molecule has 2 heterocycles. The van der Waals surface area contributed by atoms with Crippen LogP contribution in [-0.4, -0.2) is 10.9 Å². The van der Waals surface area contributed by atoms with E-state index in [2.05, 4.69) is 10.3 Å². The summed E-state index contributed by atoms with van der Waals surface area (Å²) in [4.78, 5) is 15.8. The van der Waals surface area contributed by atoms with Crippen LogP contribution >= 0.6 is 11.6 Å². The molecule has 4 nitrogen and oxygen atoms in total. The van der Waals surface area contributed by atoms with Crippen molar-refractivity contribution in [2.45, 2.75) is 6.92 Å². The molecule has 0 atom stereocenters. The van der Waals surface area contributed by atoms with Crippen molar-refractivity contribution in [2.75, 3.05) is 5.32 Å². The molecule has 0 unspecified atom stereocenters. The van der Waals surface area contributed by atoms with Gasteiger partial charge in [0.1, 0.15) is 0 Å². The Morgan fingerprint density at radius 2 is 2.31 bits per heavy atom. The number of hydrogen-bond acceptors (Lipinski definition) is 3. The minimum absolute atomic E-state index is 0.0824. The molecule has 2 rings (SSSR count). The molecule has 2 aromatic rings. The number of aryl methyl sites for hydroxylation is 1. The molecule has 0 saturated carbocycles. The Labute approximate surface area is 97.2 Å². The Morgan fingerprint density at radius 3 is 2.94 bits per heavy atom. The predicted octanol–water partition coefficient (Wildman–Crippen LogP) is 2.89. The number of nitrogens with one attached hydrogen (secondary N) is 1. The number of anilines is 1. The monoisotopic (exact) mass is 236 g/mol. The molecule has 0 saturated heterocycles. The Hall–Kier alpha value is -1.81. The van der Waals surface area contributed by atoms with E-state index in [1.165, 1.54) is 12.3 Å². The molecule has 1 N–H and O–H groups in total. The first kappa shape index (κ1) is 10.7. The molecule has 0 radical (unpaired) electrons. The number of rotatable bonds is 2. The molecule has 16 heavy (non-hydrogen) atoms. The summed E-state index contributed by atoms with van der Waals surface area (Å²) in [6.45, 7) is 1.81. The van der Waals surface area contributed by atoms with E-state index in [0.29, 0.717) is 11.3 Å². The third-order valence-corrected chi connectivity index (χ3v) is 2.41. The van der Waals surface area contributed by atoms with Crippen molar-refractivity contribution < 1.29 is 9.21 Å². The molecule has 1 amide bonds. The van der Waals surface area contributed by atoms with Gasteiger partial charge in [0.25, 0.3) is 5.91 Å². The average Bonchev–Trinajstić information content (AvgIpc) is 2.68. The molecule has 0 bridgehead atoms. The molecular formula is C11H9ClN2O2. The SMILES string of the molecule is Cc1ncccc1NC(=O)c1ccoc1Cl. The molecule has 0 fully saturated rings. The standard InChI is InChI=1S/C11H9ClN2O2/c1-7-9(3-2-5-13-7)14-11(15)8-4-6-16-10(8)12/h2-6H,1H3,(H,14,15). The fourth-order valence-corrected chi connectivity index (χ4v) is 1.46. The van der Waals surface area contributed by atoms with E-state index in [1.807, 2.05) is 6.92 Å². The number of furan rings is 1. The van der Waals surface area contributed by atoms with Crippen LogP contribution in [0.25, 0.3) is 0 Å². The summed E-state index contributed by atoms with van der Waals surface area (Å²) in [5.41, 5.74) is 1.71. The van der Waals surface area contributed by atoms with Crippen LogP contribution in [0, 0.1) is 6.92 Å². The summed E-state index contributed by atoms with van der Waals surface area (Å²) >= 11 is 5.70. The van der Waals surface area contributed by atoms with E-state index >= 15 is 0 Å². The summed E-state index contributed by atoms with van der Waals surface area (Å²) in [6.07, 6.45) is 3.03. The van der Waals surface area contributed by atoms with Crippen LogP contribution in [0.2, 0.25) is 5.22 Å². The summed E-state index contributed by atoms with van der Waals surface area (Å²) in [6, 6.07) is 5.04. The van der Waals surface area contributed by atoms with Gasteiger partial charge in [0.05, 0.1) is 23.2 Å². The van der Waals surface area contributed by atoms with Crippen LogP contribution in [0.15, 0.2) is 35.1 Å². The molecule has 82 valence electrons. The van der Waals surface area contributed by atoms with Crippen LogP contribution in [0.3, 0.4) is 0 Å². The largest absolute Gasteiger partial charge is 0.452 e. The van der Waals surface area contributed by atoms with Crippen molar-refractivity contribution in [3.05, 3.63) is 47.1 Å². The van der Waals surface area contributed by atoms with Crippen LogP contribution in [0.1, 0.15) is 16.1 Å². The third-order valence-electron chi connectivity index (χ3n) is 2.12. The fourth-order valence-electron chi connectivity index (χ4n) is 1.26. The maximum Gasteiger partial charge on any atom is 0.260 e. The average molecular weight is 237 g/mol. The lowest BCUT2D eigenvalue weighted by Gasteiger charge is -2.05. The van der Waals surface area contributed by atoms with E-state index in [9.17, 15) is 4.79 Å². The Kier molecular flexibility index (Phi) is 2.92. The molecule has 2 aromatic heterocycles. The zero-order chi connectivity index (χ0) is 11.5. The van der Waals surface area contributed by atoms with E-state index in [4.69, 9.17) is 16.0 Å². The van der Waals surface area contributed by atoms with Crippen LogP contribution < -0.4 is 5.32 Å². The van der Waals surface area contributed by atoms with Gasteiger partial charge in [-0.1, -0.05) is 0 Å². The lowest BCUT2D eigenvalue weighted by atomic mass is 10.2. The normalized spacial score (nSPS) is 10.1. The number of amides is 1. The lowest BCUT2D eigenvalue weighted by Crippen LogP contribution is -2.12. The highest BCUT2D eigenvalue weighted by Crippen LogP contribution is 2.19. The van der Waals surface area contributed by atoms with Gasteiger partial charge in [-0.05, 0) is 36.7 Å². The van der Waals surface area contributed by atoms with Crippen molar-refractivity contribution in [3.8, 4) is 0 Å². The van der Waals surface area contributed by atoms with Gasteiger partial charge in [0, 0.05) is 6.20 Å². The zero-order valence-corrected chi connectivity index (χ0v) is 9.28. The maximum atomic E-state index is 11.8. The van der Waals surface area contributed by atoms with Crippen molar-refractivity contribution in [1.82, 2.24) is 4.98 Å². The highest BCUT2D eigenvalue weighted by molar-refractivity contribution is 6.32. The van der Waals surface area contributed by atoms with Gasteiger partial charge in [-0.2, -0.15) is 0 Å². The number of carbonyl (C=O) groups is 1. The summed E-state index contributed by atoms with van der Waals surface area (Å²) in [7, 11) is 0. The van der Waals surface area contributed by atoms with Crippen molar-refractivity contribution >= 4 is 23.2 Å². The number of aromatic nitrogens is 1. The molecule has 0 spiro atoms. The topological polar surface area (TPSA) is 55.1 Å². The second-order valence-electron chi connectivity index (χ2n) is 3.20. The van der Waals surface area contributed by atoms with Crippen molar-refractivity contribution in [1.29, 1.82) is 0 Å². The fraction of sp³-hybridized carbons (Fsp3) is 0.0909. The summed E-state index contributed by atoms with van der Waals surface area (Å²) < 4.78 is 4.84. The second kappa shape index (κ2) is 4.37. The van der Waals surface area contributed by atoms with E-state index in [-0.39, 0.29) is 11.1 Å². The summed E-state index contributed by atoms with van der Waals surface area (Å²) in [5.74, 6) is -0.310. The van der Waals surface area contributed by atoms with Gasteiger partial charge in [0.2, 0.25) is 5.22 Å². The number of hydrogen-bond donors (Lipinski definition) is 1. The molecule has 0 aliphatic heterocycles. The van der Waals surface area contributed by atoms with Gasteiger partial charge < -0.3 is 9.73 Å². The van der Waals surface area contributed by atoms with E-state index in [1.54, 1.807) is 18.3 Å². The minimum Gasteiger partial charge on any atom is -0.452 e. The smallest absolute Gasteiger partial charge is 0.260 e. The van der Waals surface area contributed by atoms with Crippen LogP contribution in [-0.2, 0) is 0 Å². The molecule has 0 aliphatic rings. The quantitative estimate of drug-likeness (QED) is 0.872. The number of halogens is 1. The highest BCUT2D eigenvalue weighted by atomic mass is 35.5. The Balaban J connectivity index is 2.21. The Morgan fingerprint density at radius 1 is 1.50 bits per heavy atom. The summed E-state index contributed by atoms with van der Waals surface area (Å²) in [5, 5.41) is 2.79. The van der Waals surface area contributed by atoms with Crippen LogP contribution in [0.5, 0.6) is 0 Å². The van der Waals surface area contributed by atoms with Gasteiger partial charge in [0.15, 0.2) is 0 Å². The molecule has 5 heteroatoms. The van der Waals surface area contributed by atoms with Gasteiger partial charge in [-0.25, -0.2) is 0 Å². The molecule has 0 aliphatic carbocycles. The number of carbonyl (C=O) groups excluding carboxylic acids is 1. The third kappa shape index (κ3) is 2.06. The molecular weight excluding hydrogens is 228 g/mol. The van der Waals surface area contributed by atoms with E-state index in [0.717, 1.165) is 5.69 Å². The highest BCUT2D eigenvalue weighted by Gasteiger charge is 2.13. The van der Waals surface area contributed by atoms with Gasteiger partial charge in [-0.3, -0.25) is 9.78 Å². The van der Waals surface area contributed by atoms with Crippen LogP contribution in [0.4, 0.5) is 5.69 Å². The van der Waals surface area contributed by atoms with Gasteiger partial charge >= 0.3 is 0 Å². The molecule has 0 aromatic carbocycles. The van der Waals surface area contributed by atoms with Crippen molar-refractivity contribution in [2.24, 2.45) is 0 Å². The minimum atomic E-state index is -0.310. The first-order valence-electron chi connectivity index (χ1n) is 4.64. The predicted molar refractivity (Wildman–Crippen MR) is 60.6 cm³/mol. The van der Waals surface area contributed by atoms with E-state index < -0.39 is 0 Å². The Bertz CT molecular complexity index is 522. The first-order chi connectivity index (χ1) is 7.68. The van der Waals surface area contributed by atoms with Crippen molar-refractivity contribution in [3.63, 3.8) is 0 Å². The number of nitrogens with zero attached hydrogens (tertiary/aromatic N) is 1. The second-order valence-corrected chi connectivity index (χ2v) is 3.54.